The molecule has 0 aromatic rings. The van der Waals surface area contributed by atoms with E-state index in [2.05, 4.69) is 30.4 Å². The van der Waals surface area contributed by atoms with Crippen LogP contribution in [0.2, 0.25) is 0 Å². The summed E-state index contributed by atoms with van der Waals surface area (Å²) in [5.41, 5.74) is 1.32. The fourth-order valence-electron chi connectivity index (χ4n) is 1.92. The van der Waals surface area contributed by atoms with Crippen LogP contribution in [-0.4, -0.2) is 12.6 Å². The maximum absolute atomic E-state index is 11.3. The van der Waals surface area contributed by atoms with Crippen molar-refractivity contribution in [3.8, 4) is 0 Å². The van der Waals surface area contributed by atoms with E-state index in [4.69, 9.17) is 4.74 Å². The van der Waals surface area contributed by atoms with Gasteiger partial charge in [-0.2, -0.15) is 0 Å². The third kappa shape index (κ3) is 2.82. The second kappa shape index (κ2) is 4.96. The second-order valence-corrected chi connectivity index (χ2v) is 4.02. The summed E-state index contributed by atoms with van der Waals surface area (Å²) in [6, 6.07) is 0. The highest BCUT2D eigenvalue weighted by atomic mass is 16.5. The molecular formula is C13H16O2. The predicted molar refractivity (Wildman–Crippen MR) is 59.3 cm³/mol. The number of hydrogen-bond acceptors (Lipinski definition) is 2. The highest BCUT2D eigenvalue weighted by molar-refractivity contribution is 5.73. The van der Waals surface area contributed by atoms with Crippen molar-refractivity contribution in [1.82, 2.24) is 0 Å². The summed E-state index contributed by atoms with van der Waals surface area (Å²) in [5.74, 6) is 0.0642. The van der Waals surface area contributed by atoms with E-state index in [0.29, 0.717) is 6.61 Å². The van der Waals surface area contributed by atoms with Gasteiger partial charge in [0.15, 0.2) is 0 Å². The van der Waals surface area contributed by atoms with Gasteiger partial charge in [0, 0.05) is 0 Å². The van der Waals surface area contributed by atoms with E-state index in [0.717, 1.165) is 25.7 Å². The fraction of sp³-hybridized carbons (Fsp3) is 0.462. The first-order valence-corrected chi connectivity index (χ1v) is 5.55. The van der Waals surface area contributed by atoms with Crippen molar-refractivity contribution in [1.29, 1.82) is 0 Å². The van der Waals surface area contributed by atoms with Crippen LogP contribution in [-0.2, 0) is 9.53 Å². The Balaban J connectivity index is 1.79. The van der Waals surface area contributed by atoms with Crippen LogP contribution in [0.15, 0.2) is 36.0 Å². The average Bonchev–Trinajstić information content (AvgIpc) is 2.74. The van der Waals surface area contributed by atoms with E-state index >= 15 is 0 Å². The molecule has 2 rings (SSSR count). The van der Waals surface area contributed by atoms with Crippen LogP contribution in [0.5, 0.6) is 0 Å². The third-order valence-corrected chi connectivity index (χ3v) is 2.83. The number of esters is 1. The monoisotopic (exact) mass is 204 g/mol. The normalized spacial score (nSPS) is 25.7. The lowest BCUT2D eigenvalue weighted by atomic mass is 9.97. The molecule has 1 fully saturated rings. The number of allylic oxidation sites excluding steroid dienone is 6. The molecule has 80 valence electrons. The quantitative estimate of drug-likeness (QED) is 0.661. The van der Waals surface area contributed by atoms with Gasteiger partial charge in [-0.15, -0.1) is 0 Å². The van der Waals surface area contributed by atoms with Crippen LogP contribution in [0.25, 0.3) is 0 Å². The first kappa shape index (κ1) is 10.2. The van der Waals surface area contributed by atoms with Crippen LogP contribution < -0.4 is 0 Å². The molecule has 0 bridgehead atoms. The van der Waals surface area contributed by atoms with Crippen LogP contribution in [0.4, 0.5) is 0 Å². The molecule has 1 saturated heterocycles. The molecule has 0 saturated carbocycles. The lowest BCUT2D eigenvalue weighted by molar-refractivity contribution is -0.152. The molecular weight excluding hydrogens is 188 g/mol. The van der Waals surface area contributed by atoms with E-state index < -0.39 is 0 Å². The van der Waals surface area contributed by atoms with Gasteiger partial charge in [0.25, 0.3) is 0 Å². The molecule has 0 amide bonds. The van der Waals surface area contributed by atoms with E-state index in [1.165, 1.54) is 5.57 Å². The smallest absolute Gasteiger partial charge is 0.309 e. The van der Waals surface area contributed by atoms with Gasteiger partial charge in [0.05, 0.1) is 12.5 Å². The van der Waals surface area contributed by atoms with Gasteiger partial charge in [-0.25, -0.2) is 0 Å². The number of ether oxygens (including phenoxy) is 1. The summed E-state index contributed by atoms with van der Waals surface area (Å²) in [6.07, 6.45) is 14.3. The molecule has 1 unspecified atom stereocenters. The number of carbonyl (C=O) groups is 1. The van der Waals surface area contributed by atoms with Gasteiger partial charge in [-0.3, -0.25) is 4.79 Å². The molecule has 0 aromatic carbocycles. The molecule has 0 radical (unpaired) electrons. The van der Waals surface area contributed by atoms with Crippen molar-refractivity contribution < 1.29 is 9.53 Å². The number of cyclic esters (lactones) is 1. The minimum atomic E-state index is -0.0237. The molecule has 1 atom stereocenters. The summed E-state index contributed by atoms with van der Waals surface area (Å²) in [5, 5.41) is 0. The topological polar surface area (TPSA) is 26.3 Å². The lowest BCUT2D eigenvalue weighted by Crippen LogP contribution is -2.23. The van der Waals surface area contributed by atoms with Gasteiger partial charge in [0.1, 0.15) is 0 Å². The molecule has 2 aliphatic rings. The van der Waals surface area contributed by atoms with E-state index in [1.807, 2.05) is 0 Å². The second-order valence-electron chi connectivity index (χ2n) is 4.02. The first-order valence-electron chi connectivity index (χ1n) is 5.55. The molecule has 0 N–H and O–H groups in total. The number of rotatable bonds is 3. The summed E-state index contributed by atoms with van der Waals surface area (Å²) in [4.78, 5) is 11.3. The van der Waals surface area contributed by atoms with E-state index in [1.54, 1.807) is 0 Å². The maximum Gasteiger partial charge on any atom is 0.309 e. The van der Waals surface area contributed by atoms with Crippen molar-refractivity contribution in [3.63, 3.8) is 0 Å². The zero-order chi connectivity index (χ0) is 10.5. The van der Waals surface area contributed by atoms with Crippen molar-refractivity contribution in [2.24, 2.45) is 5.92 Å². The van der Waals surface area contributed by atoms with Crippen LogP contribution in [0, 0.1) is 5.92 Å². The Morgan fingerprint density at radius 1 is 1.53 bits per heavy atom. The SMILES string of the molecule is O=C1OCCCC1C/C=C/C1=CC=CC1. The average molecular weight is 204 g/mol. The van der Waals surface area contributed by atoms with Crippen molar-refractivity contribution in [2.75, 3.05) is 6.61 Å². The van der Waals surface area contributed by atoms with E-state index in [9.17, 15) is 4.79 Å². The van der Waals surface area contributed by atoms with Crippen molar-refractivity contribution in [3.05, 3.63) is 36.0 Å². The van der Waals surface area contributed by atoms with Crippen molar-refractivity contribution >= 4 is 5.97 Å². The Kier molecular flexibility index (Phi) is 3.38. The third-order valence-electron chi connectivity index (χ3n) is 2.83. The molecule has 0 aromatic heterocycles. The van der Waals surface area contributed by atoms with E-state index in [-0.39, 0.29) is 11.9 Å². The Morgan fingerprint density at radius 2 is 2.47 bits per heavy atom. The van der Waals surface area contributed by atoms with Gasteiger partial charge >= 0.3 is 5.97 Å². The summed E-state index contributed by atoms with van der Waals surface area (Å²) >= 11 is 0. The standard InChI is InChI=1S/C13H16O2/c14-13-12(9-4-10-15-13)8-3-7-11-5-1-2-6-11/h1-3,5,7,12H,4,6,8-10H2/b7-3+. The number of carbonyl (C=O) groups excluding carboxylic acids is 1. The molecule has 15 heavy (non-hydrogen) atoms. The Labute approximate surface area is 90.3 Å². The summed E-state index contributed by atoms with van der Waals surface area (Å²) in [6.45, 7) is 0.605. The Hall–Kier alpha value is -1.31. The molecule has 1 aliphatic heterocycles. The molecule has 1 heterocycles. The maximum atomic E-state index is 11.3. The Morgan fingerprint density at radius 3 is 3.20 bits per heavy atom. The molecule has 0 spiro atoms. The van der Waals surface area contributed by atoms with Crippen LogP contribution in [0.3, 0.4) is 0 Å². The first-order chi connectivity index (χ1) is 7.36. The highest BCUT2D eigenvalue weighted by Gasteiger charge is 2.22. The largest absolute Gasteiger partial charge is 0.465 e. The fourth-order valence-corrected chi connectivity index (χ4v) is 1.92. The predicted octanol–water partition coefficient (Wildman–Crippen LogP) is 2.77. The molecule has 2 heteroatoms. The van der Waals surface area contributed by atoms with Crippen LogP contribution >= 0.6 is 0 Å². The van der Waals surface area contributed by atoms with Crippen molar-refractivity contribution in [2.45, 2.75) is 25.7 Å². The van der Waals surface area contributed by atoms with Gasteiger partial charge in [-0.1, -0.05) is 30.4 Å². The van der Waals surface area contributed by atoms with Gasteiger partial charge in [0.2, 0.25) is 0 Å². The molecule has 2 nitrogen and oxygen atoms in total. The highest BCUT2D eigenvalue weighted by Crippen LogP contribution is 2.20. The molecule has 1 aliphatic carbocycles. The Bertz CT molecular complexity index is 323. The minimum Gasteiger partial charge on any atom is -0.465 e. The minimum absolute atomic E-state index is 0.0237. The summed E-state index contributed by atoms with van der Waals surface area (Å²) < 4.78 is 5.01. The zero-order valence-electron chi connectivity index (χ0n) is 8.82. The number of hydrogen-bond donors (Lipinski definition) is 0. The van der Waals surface area contributed by atoms with Gasteiger partial charge in [-0.05, 0) is 31.3 Å². The summed E-state index contributed by atoms with van der Waals surface area (Å²) in [7, 11) is 0. The van der Waals surface area contributed by atoms with Gasteiger partial charge < -0.3 is 4.74 Å². The zero-order valence-corrected chi connectivity index (χ0v) is 8.82. The lowest BCUT2D eigenvalue weighted by Gasteiger charge is -2.19. The van der Waals surface area contributed by atoms with Crippen LogP contribution in [0.1, 0.15) is 25.7 Å².